The first-order valence-corrected chi connectivity index (χ1v) is 10.8. The van der Waals surface area contributed by atoms with Crippen LogP contribution in [0.15, 0.2) is 42.5 Å². The molecule has 0 N–H and O–H groups in total. The lowest BCUT2D eigenvalue weighted by molar-refractivity contribution is -0.124. The molecule has 0 radical (unpaired) electrons. The first-order chi connectivity index (χ1) is 14.9. The highest BCUT2D eigenvalue weighted by Crippen LogP contribution is 2.57. The number of carbonyl (C=O) groups is 4. The molecule has 2 amide bonds. The molecule has 6 rings (SSSR count). The number of imide groups is 1. The molecule has 1 spiro atoms. The van der Waals surface area contributed by atoms with E-state index in [0.717, 1.165) is 17.5 Å². The molecule has 0 aromatic heterocycles. The van der Waals surface area contributed by atoms with E-state index in [9.17, 15) is 19.2 Å². The Labute approximate surface area is 179 Å². The molecule has 6 nitrogen and oxygen atoms in total. The third-order valence-electron chi connectivity index (χ3n) is 7.74. The Balaban J connectivity index is 1.57. The molecule has 0 saturated carbocycles. The summed E-state index contributed by atoms with van der Waals surface area (Å²) in [5, 5.41) is 0. The van der Waals surface area contributed by atoms with E-state index in [4.69, 9.17) is 0 Å². The number of Topliss-reactive ketones (excluding diaryl/α,β-unsaturated/α-hetero) is 2. The van der Waals surface area contributed by atoms with Gasteiger partial charge in [0, 0.05) is 17.2 Å². The van der Waals surface area contributed by atoms with Crippen LogP contribution in [0.1, 0.15) is 44.7 Å². The third-order valence-corrected chi connectivity index (χ3v) is 7.74. The lowest BCUT2D eigenvalue weighted by atomic mass is 9.76. The number of hydrogen-bond acceptors (Lipinski definition) is 5. The van der Waals surface area contributed by atoms with E-state index < -0.39 is 23.3 Å². The standard InChI is InChI=1S/C25H22N2O4/c1-13-7-5-8-14(2)20(13)27-23(30)18-17-11-6-12-26(17)25(19(18)24(27)31)21(28)15-9-3-4-10-16(15)22(25)29/h3-5,7-10,17-19H,6,11-12H2,1-2H3/t17-,18+,19-/m0/s1. The normalized spacial score (nSPS) is 28.6. The number of anilines is 1. The maximum absolute atomic E-state index is 13.9. The topological polar surface area (TPSA) is 74.8 Å². The summed E-state index contributed by atoms with van der Waals surface area (Å²) < 4.78 is 0. The molecular formula is C25H22N2O4. The van der Waals surface area contributed by atoms with Gasteiger partial charge in [-0.05, 0) is 44.4 Å². The Morgan fingerprint density at radius 2 is 1.45 bits per heavy atom. The van der Waals surface area contributed by atoms with E-state index in [-0.39, 0.29) is 23.5 Å². The highest BCUT2D eigenvalue weighted by Gasteiger charge is 2.76. The fraction of sp³-hybridized carbons (Fsp3) is 0.360. The summed E-state index contributed by atoms with van der Waals surface area (Å²) in [5.74, 6) is -2.99. The molecule has 3 atom stereocenters. The smallest absolute Gasteiger partial charge is 0.240 e. The van der Waals surface area contributed by atoms with Gasteiger partial charge in [-0.3, -0.25) is 24.1 Å². The largest absolute Gasteiger partial charge is 0.291 e. The van der Waals surface area contributed by atoms with Crippen molar-refractivity contribution in [2.24, 2.45) is 11.8 Å². The minimum absolute atomic E-state index is 0.266. The van der Waals surface area contributed by atoms with Gasteiger partial charge in [-0.1, -0.05) is 42.5 Å². The SMILES string of the molecule is Cc1cccc(C)c1N1C(=O)[C@H]2[C@@H](C1=O)C1(C(=O)c3ccccc3C1=O)N1CCC[C@@H]21. The fourth-order valence-corrected chi connectivity index (χ4v) is 6.62. The van der Waals surface area contributed by atoms with Crippen LogP contribution in [-0.2, 0) is 9.59 Å². The van der Waals surface area contributed by atoms with Crippen LogP contribution in [0.5, 0.6) is 0 Å². The molecule has 3 heterocycles. The van der Waals surface area contributed by atoms with Gasteiger partial charge < -0.3 is 0 Å². The maximum Gasteiger partial charge on any atom is 0.240 e. The summed E-state index contributed by atoms with van der Waals surface area (Å²) in [4.78, 5) is 58.4. The van der Waals surface area contributed by atoms with Crippen molar-refractivity contribution < 1.29 is 19.2 Å². The molecule has 0 unspecified atom stereocenters. The summed E-state index contributed by atoms with van der Waals surface area (Å²) in [6, 6.07) is 12.2. The number of nitrogens with zero attached hydrogens (tertiary/aromatic N) is 2. The molecule has 6 heteroatoms. The lowest BCUT2D eigenvalue weighted by Gasteiger charge is -2.35. The quantitative estimate of drug-likeness (QED) is 0.530. The van der Waals surface area contributed by atoms with Crippen molar-refractivity contribution in [2.45, 2.75) is 38.3 Å². The first-order valence-electron chi connectivity index (χ1n) is 10.8. The van der Waals surface area contributed by atoms with Gasteiger partial charge in [0.2, 0.25) is 11.8 Å². The van der Waals surface area contributed by atoms with E-state index in [0.29, 0.717) is 29.8 Å². The van der Waals surface area contributed by atoms with Crippen LogP contribution in [0.2, 0.25) is 0 Å². The Bertz CT molecular complexity index is 1160. The number of fused-ring (bicyclic) bond motifs is 6. The van der Waals surface area contributed by atoms with E-state index in [2.05, 4.69) is 0 Å². The number of aryl methyl sites for hydroxylation is 2. The van der Waals surface area contributed by atoms with Crippen LogP contribution in [0.4, 0.5) is 5.69 Å². The Morgan fingerprint density at radius 3 is 2.06 bits per heavy atom. The second kappa shape index (κ2) is 5.98. The summed E-state index contributed by atoms with van der Waals surface area (Å²) in [6.45, 7) is 4.29. The highest BCUT2D eigenvalue weighted by atomic mass is 16.2. The molecule has 3 saturated heterocycles. The van der Waals surface area contributed by atoms with Crippen molar-refractivity contribution in [3.63, 3.8) is 0 Å². The molecule has 3 aliphatic heterocycles. The van der Waals surface area contributed by atoms with Crippen LogP contribution in [-0.4, -0.2) is 46.4 Å². The Kier molecular flexibility index (Phi) is 3.59. The molecule has 3 fully saturated rings. The van der Waals surface area contributed by atoms with Crippen molar-refractivity contribution in [2.75, 3.05) is 11.4 Å². The lowest BCUT2D eigenvalue weighted by Crippen LogP contribution is -2.59. The monoisotopic (exact) mass is 414 g/mol. The number of hydrogen-bond donors (Lipinski definition) is 0. The number of ketones is 2. The fourth-order valence-electron chi connectivity index (χ4n) is 6.62. The van der Waals surface area contributed by atoms with Crippen LogP contribution in [0.25, 0.3) is 0 Å². The van der Waals surface area contributed by atoms with Crippen molar-refractivity contribution in [1.29, 1.82) is 0 Å². The van der Waals surface area contributed by atoms with Crippen LogP contribution in [0.3, 0.4) is 0 Å². The number of amides is 2. The van der Waals surface area contributed by atoms with Crippen LogP contribution in [0, 0.1) is 25.7 Å². The summed E-state index contributed by atoms with van der Waals surface area (Å²) >= 11 is 0. The zero-order valence-electron chi connectivity index (χ0n) is 17.4. The van der Waals surface area contributed by atoms with Gasteiger partial charge in [0.05, 0.1) is 17.5 Å². The average molecular weight is 414 g/mol. The van der Waals surface area contributed by atoms with Gasteiger partial charge in [-0.2, -0.15) is 0 Å². The van der Waals surface area contributed by atoms with Crippen LogP contribution >= 0.6 is 0 Å². The zero-order chi connectivity index (χ0) is 21.7. The molecule has 2 aromatic carbocycles. The highest BCUT2D eigenvalue weighted by molar-refractivity contribution is 6.38. The average Bonchev–Trinajstić information content (AvgIpc) is 3.44. The summed E-state index contributed by atoms with van der Waals surface area (Å²) in [5.41, 5.74) is 1.38. The van der Waals surface area contributed by atoms with E-state index >= 15 is 0 Å². The minimum Gasteiger partial charge on any atom is -0.291 e. The molecule has 4 aliphatic rings. The second-order valence-corrected chi connectivity index (χ2v) is 9.13. The molecule has 2 aromatic rings. The van der Waals surface area contributed by atoms with Gasteiger partial charge in [0.1, 0.15) is 0 Å². The number of benzene rings is 2. The predicted octanol–water partition coefficient (Wildman–Crippen LogP) is 2.71. The molecule has 1 aliphatic carbocycles. The third kappa shape index (κ3) is 1.97. The minimum atomic E-state index is -1.59. The Hall–Kier alpha value is -3.12. The summed E-state index contributed by atoms with van der Waals surface area (Å²) in [7, 11) is 0. The number of rotatable bonds is 1. The van der Waals surface area contributed by atoms with Gasteiger partial charge in [0.25, 0.3) is 0 Å². The van der Waals surface area contributed by atoms with Gasteiger partial charge in [0.15, 0.2) is 17.1 Å². The van der Waals surface area contributed by atoms with Gasteiger partial charge >= 0.3 is 0 Å². The van der Waals surface area contributed by atoms with Crippen LogP contribution < -0.4 is 4.90 Å². The molecule has 0 bridgehead atoms. The van der Waals surface area contributed by atoms with Crippen molar-refractivity contribution >= 4 is 29.1 Å². The molecule has 156 valence electrons. The number of para-hydroxylation sites is 1. The van der Waals surface area contributed by atoms with E-state index in [1.165, 1.54) is 4.90 Å². The van der Waals surface area contributed by atoms with Crippen molar-refractivity contribution in [3.05, 3.63) is 64.7 Å². The molecular weight excluding hydrogens is 392 g/mol. The molecule has 31 heavy (non-hydrogen) atoms. The summed E-state index contributed by atoms with van der Waals surface area (Å²) in [6.07, 6.45) is 1.51. The maximum atomic E-state index is 13.9. The van der Waals surface area contributed by atoms with E-state index in [1.807, 2.05) is 36.9 Å². The van der Waals surface area contributed by atoms with E-state index in [1.54, 1.807) is 24.3 Å². The zero-order valence-corrected chi connectivity index (χ0v) is 17.4. The number of carbonyl (C=O) groups excluding carboxylic acids is 4. The Morgan fingerprint density at radius 1 is 0.839 bits per heavy atom. The predicted molar refractivity (Wildman–Crippen MR) is 113 cm³/mol. The van der Waals surface area contributed by atoms with Gasteiger partial charge in [-0.15, -0.1) is 0 Å². The van der Waals surface area contributed by atoms with Crippen molar-refractivity contribution in [1.82, 2.24) is 4.90 Å². The van der Waals surface area contributed by atoms with Crippen molar-refractivity contribution in [3.8, 4) is 0 Å². The first kappa shape index (κ1) is 18.6. The van der Waals surface area contributed by atoms with Gasteiger partial charge in [-0.25, -0.2) is 4.90 Å². The second-order valence-electron chi connectivity index (χ2n) is 9.13.